The number of nitrogens with one attached hydrogen (secondary N) is 2. The van der Waals surface area contributed by atoms with Gasteiger partial charge >= 0.3 is 0 Å². The molecule has 6 heteroatoms. The molecule has 0 aromatic heterocycles. The topological polar surface area (TPSA) is 56.7 Å². The van der Waals surface area contributed by atoms with Gasteiger partial charge in [-0.1, -0.05) is 19.8 Å². The fraction of sp³-hybridized carbons (Fsp3) is 0.882. The zero-order valence-electron chi connectivity index (χ0n) is 14.6. The van der Waals surface area contributed by atoms with Crippen molar-refractivity contribution >= 4 is 35.8 Å². The Hall–Kier alpha value is -0.530. The molecule has 5 nitrogen and oxygen atoms in total. The van der Waals surface area contributed by atoms with Crippen molar-refractivity contribution in [1.82, 2.24) is 15.5 Å². The summed E-state index contributed by atoms with van der Waals surface area (Å²) >= 11 is 0. The van der Waals surface area contributed by atoms with Crippen LogP contribution in [0.5, 0.6) is 0 Å². The monoisotopic (exact) mass is 436 g/mol. The zero-order chi connectivity index (χ0) is 15.8. The number of rotatable bonds is 7. The molecule has 1 unspecified atom stereocenters. The van der Waals surface area contributed by atoms with E-state index in [1.54, 1.807) is 0 Å². The Morgan fingerprint density at radius 2 is 2.04 bits per heavy atom. The molecule has 2 fully saturated rings. The van der Waals surface area contributed by atoms with Crippen LogP contribution in [0, 0.1) is 0 Å². The van der Waals surface area contributed by atoms with Crippen molar-refractivity contribution in [2.75, 3.05) is 19.6 Å². The summed E-state index contributed by atoms with van der Waals surface area (Å²) in [6, 6.07) is 0.938. The molecule has 23 heavy (non-hydrogen) atoms. The molecule has 1 amide bonds. The molecule has 1 heterocycles. The van der Waals surface area contributed by atoms with E-state index >= 15 is 0 Å². The first kappa shape index (κ1) is 20.5. The predicted octanol–water partition coefficient (Wildman–Crippen LogP) is 2.89. The van der Waals surface area contributed by atoms with Crippen molar-refractivity contribution in [2.45, 2.75) is 77.3 Å². The van der Waals surface area contributed by atoms with Gasteiger partial charge < -0.3 is 15.5 Å². The first-order valence-corrected chi connectivity index (χ1v) is 9.08. The third kappa shape index (κ3) is 6.47. The predicted molar refractivity (Wildman–Crippen MR) is 106 cm³/mol. The van der Waals surface area contributed by atoms with Crippen molar-refractivity contribution in [1.29, 1.82) is 0 Å². The molecule has 0 bridgehead atoms. The summed E-state index contributed by atoms with van der Waals surface area (Å²) in [7, 11) is 0. The molecule has 2 N–H and O–H groups in total. The standard InChI is InChI=1S/C17H32N4O.HI/c1-3-15(21-13-7-10-16(21)22)11-12-19-17(18-4-2)20-14-8-5-6-9-14;/h14-15H,3-13H2,1-2H3,(H2,18,19,20);1H. The maximum absolute atomic E-state index is 11.9. The smallest absolute Gasteiger partial charge is 0.222 e. The largest absolute Gasteiger partial charge is 0.357 e. The summed E-state index contributed by atoms with van der Waals surface area (Å²) in [6.45, 7) is 6.87. The van der Waals surface area contributed by atoms with E-state index in [0.29, 0.717) is 18.0 Å². The number of aliphatic imine (C=N–C) groups is 1. The molecule has 2 rings (SSSR count). The van der Waals surface area contributed by atoms with Crippen LogP contribution in [-0.2, 0) is 4.79 Å². The quantitative estimate of drug-likeness (QED) is 0.367. The average molecular weight is 436 g/mol. The summed E-state index contributed by atoms with van der Waals surface area (Å²) < 4.78 is 0. The highest BCUT2D eigenvalue weighted by Gasteiger charge is 2.26. The summed E-state index contributed by atoms with van der Waals surface area (Å²) in [5.41, 5.74) is 0. The number of carbonyl (C=O) groups excluding carboxylic acids is 1. The number of guanidine groups is 1. The molecule has 1 saturated carbocycles. The Kier molecular flexibility index (Phi) is 9.90. The van der Waals surface area contributed by atoms with E-state index in [4.69, 9.17) is 4.99 Å². The first-order valence-electron chi connectivity index (χ1n) is 9.08. The van der Waals surface area contributed by atoms with Crippen LogP contribution in [-0.4, -0.2) is 48.5 Å². The fourth-order valence-corrected chi connectivity index (χ4v) is 3.54. The van der Waals surface area contributed by atoms with Gasteiger partial charge in [-0.2, -0.15) is 0 Å². The van der Waals surface area contributed by atoms with E-state index in [0.717, 1.165) is 51.3 Å². The van der Waals surface area contributed by atoms with E-state index in [9.17, 15) is 4.79 Å². The van der Waals surface area contributed by atoms with Crippen molar-refractivity contribution in [2.24, 2.45) is 4.99 Å². The number of halogens is 1. The molecule has 0 radical (unpaired) electrons. The minimum atomic E-state index is 0. The van der Waals surface area contributed by atoms with Crippen LogP contribution in [0.1, 0.15) is 65.2 Å². The molecule has 1 saturated heterocycles. The molecular formula is C17H33IN4O. The number of hydrogen-bond acceptors (Lipinski definition) is 2. The van der Waals surface area contributed by atoms with Crippen molar-refractivity contribution in [3.8, 4) is 0 Å². The lowest BCUT2D eigenvalue weighted by Gasteiger charge is -2.26. The summed E-state index contributed by atoms with van der Waals surface area (Å²) in [5.74, 6) is 1.27. The highest BCUT2D eigenvalue weighted by molar-refractivity contribution is 14.0. The van der Waals surface area contributed by atoms with Gasteiger partial charge in [0, 0.05) is 38.1 Å². The second-order valence-electron chi connectivity index (χ2n) is 6.43. The first-order chi connectivity index (χ1) is 10.7. The minimum Gasteiger partial charge on any atom is -0.357 e. The Morgan fingerprint density at radius 1 is 1.30 bits per heavy atom. The molecule has 1 atom stereocenters. The van der Waals surface area contributed by atoms with Crippen LogP contribution in [0.2, 0.25) is 0 Å². The highest BCUT2D eigenvalue weighted by Crippen LogP contribution is 2.19. The van der Waals surface area contributed by atoms with Crippen LogP contribution in [0.3, 0.4) is 0 Å². The van der Waals surface area contributed by atoms with Gasteiger partial charge in [-0.05, 0) is 39.0 Å². The van der Waals surface area contributed by atoms with Crippen molar-refractivity contribution < 1.29 is 4.79 Å². The molecule has 0 aromatic carbocycles. The molecule has 2 aliphatic rings. The maximum atomic E-state index is 11.9. The van der Waals surface area contributed by atoms with Gasteiger partial charge in [-0.25, -0.2) is 0 Å². The Morgan fingerprint density at radius 3 is 2.61 bits per heavy atom. The Bertz CT molecular complexity index is 383. The Balaban J connectivity index is 0.00000264. The van der Waals surface area contributed by atoms with E-state index in [-0.39, 0.29) is 24.0 Å². The van der Waals surface area contributed by atoms with Gasteiger partial charge in [0.1, 0.15) is 0 Å². The van der Waals surface area contributed by atoms with Crippen LogP contribution < -0.4 is 10.6 Å². The summed E-state index contributed by atoms with van der Waals surface area (Å²) in [4.78, 5) is 18.6. The number of amides is 1. The van der Waals surface area contributed by atoms with E-state index in [2.05, 4.69) is 29.4 Å². The van der Waals surface area contributed by atoms with Crippen molar-refractivity contribution in [3.05, 3.63) is 0 Å². The minimum absolute atomic E-state index is 0. The van der Waals surface area contributed by atoms with E-state index < -0.39 is 0 Å². The molecule has 1 aliphatic carbocycles. The summed E-state index contributed by atoms with van der Waals surface area (Å²) in [6.07, 6.45) is 8.89. The van der Waals surface area contributed by atoms with Gasteiger partial charge in [-0.15, -0.1) is 24.0 Å². The lowest BCUT2D eigenvalue weighted by Crippen LogP contribution is -2.42. The molecule has 134 valence electrons. The summed E-state index contributed by atoms with van der Waals surface area (Å²) in [5, 5.41) is 6.88. The van der Waals surface area contributed by atoms with Crippen LogP contribution in [0.25, 0.3) is 0 Å². The third-order valence-electron chi connectivity index (χ3n) is 4.79. The van der Waals surface area contributed by atoms with Gasteiger partial charge in [-0.3, -0.25) is 9.79 Å². The second kappa shape index (κ2) is 11.1. The van der Waals surface area contributed by atoms with E-state index in [1.807, 2.05) is 0 Å². The maximum Gasteiger partial charge on any atom is 0.222 e. The van der Waals surface area contributed by atoms with Gasteiger partial charge in [0.15, 0.2) is 5.96 Å². The van der Waals surface area contributed by atoms with Gasteiger partial charge in [0.05, 0.1) is 0 Å². The number of likely N-dealkylation sites (tertiary alicyclic amines) is 1. The Labute approximate surface area is 158 Å². The van der Waals surface area contributed by atoms with Gasteiger partial charge in [0.25, 0.3) is 0 Å². The van der Waals surface area contributed by atoms with E-state index in [1.165, 1.54) is 25.7 Å². The average Bonchev–Trinajstić information content (AvgIpc) is 3.16. The molecule has 0 aromatic rings. The van der Waals surface area contributed by atoms with Crippen LogP contribution in [0.4, 0.5) is 0 Å². The number of carbonyl (C=O) groups is 1. The highest BCUT2D eigenvalue weighted by atomic mass is 127. The number of nitrogens with zero attached hydrogens (tertiary/aromatic N) is 2. The second-order valence-corrected chi connectivity index (χ2v) is 6.43. The lowest BCUT2D eigenvalue weighted by atomic mass is 10.1. The molecule has 1 aliphatic heterocycles. The number of hydrogen-bond donors (Lipinski definition) is 2. The normalized spacial score (nSPS) is 20.5. The van der Waals surface area contributed by atoms with Crippen LogP contribution >= 0.6 is 24.0 Å². The SMILES string of the molecule is CCNC(=NCCC(CC)N1CCCC1=O)NC1CCCC1.I. The van der Waals surface area contributed by atoms with Crippen molar-refractivity contribution in [3.63, 3.8) is 0 Å². The third-order valence-corrected chi connectivity index (χ3v) is 4.79. The lowest BCUT2D eigenvalue weighted by molar-refractivity contribution is -0.129. The molecule has 0 spiro atoms. The fourth-order valence-electron chi connectivity index (χ4n) is 3.54. The van der Waals surface area contributed by atoms with Crippen LogP contribution in [0.15, 0.2) is 4.99 Å². The van der Waals surface area contributed by atoms with Gasteiger partial charge in [0.2, 0.25) is 5.91 Å². The zero-order valence-corrected chi connectivity index (χ0v) is 17.0. The molecular weight excluding hydrogens is 403 g/mol.